The van der Waals surface area contributed by atoms with Crippen LogP contribution in [0.25, 0.3) is 10.8 Å². The topological polar surface area (TPSA) is 23.5 Å². The van der Waals surface area contributed by atoms with Gasteiger partial charge < -0.3 is 5.11 Å². The Morgan fingerprint density at radius 3 is 2.75 bits per heavy atom. The van der Waals surface area contributed by atoms with Crippen molar-refractivity contribution in [3.8, 4) is 0 Å². The smallest absolute Gasteiger partial charge is 0.0632 e. The predicted molar refractivity (Wildman–Crippen MR) is 83.7 cm³/mol. The average Bonchev–Trinajstić information content (AvgIpc) is 2.61. The molecule has 1 aliphatic heterocycles. The molecule has 0 aromatic heterocycles. The molecule has 1 atom stereocenters. The fourth-order valence-electron chi connectivity index (χ4n) is 3.15. The van der Waals surface area contributed by atoms with E-state index in [4.69, 9.17) is 0 Å². The second-order valence-electron chi connectivity index (χ2n) is 6.26. The summed E-state index contributed by atoms with van der Waals surface area (Å²) in [5.41, 5.74) is 0.915. The maximum atomic E-state index is 10.2. The van der Waals surface area contributed by atoms with Gasteiger partial charge in [-0.3, -0.25) is 4.90 Å². The number of hydrogen-bond donors (Lipinski definition) is 1. The van der Waals surface area contributed by atoms with Gasteiger partial charge in [0, 0.05) is 13.1 Å². The summed E-state index contributed by atoms with van der Waals surface area (Å²) in [6, 6.07) is 15.1. The largest absolute Gasteiger partial charge is 0.390 e. The van der Waals surface area contributed by atoms with E-state index in [1.807, 2.05) is 6.92 Å². The third kappa shape index (κ3) is 3.02. The quantitative estimate of drug-likeness (QED) is 0.901. The number of nitrogens with zero attached hydrogens (tertiary/aromatic N) is 1. The van der Waals surface area contributed by atoms with Crippen LogP contribution in [0.5, 0.6) is 0 Å². The lowest BCUT2D eigenvalue weighted by Crippen LogP contribution is -2.28. The lowest BCUT2D eigenvalue weighted by atomic mass is 9.98. The van der Waals surface area contributed by atoms with Gasteiger partial charge in [0.05, 0.1) is 5.60 Å². The van der Waals surface area contributed by atoms with Crippen LogP contribution in [0.1, 0.15) is 31.7 Å². The molecule has 106 valence electrons. The lowest BCUT2D eigenvalue weighted by molar-refractivity contribution is 0.0444. The van der Waals surface area contributed by atoms with Crippen molar-refractivity contribution in [2.75, 3.05) is 13.1 Å². The van der Waals surface area contributed by atoms with Crippen molar-refractivity contribution in [3.63, 3.8) is 0 Å². The standard InChI is InChI=1S/C18H23NO/c1-18(20)10-5-12-19(13-11-18)14-16-8-4-7-15-6-2-3-9-17(15)16/h2-4,6-9,20H,5,10-14H2,1H3. The van der Waals surface area contributed by atoms with E-state index in [1.54, 1.807) is 0 Å². The van der Waals surface area contributed by atoms with Crippen LogP contribution >= 0.6 is 0 Å². The highest BCUT2D eigenvalue weighted by atomic mass is 16.3. The Labute approximate surface area is 121 Å². The van der Waals surface area contributed by atoms with Crippen molar-refractivity contribution in [1.29, 1.82) is 0 Å². The summed E-state index contributed by atoms with van der Waals surface area (Å²) in [5, 5.41) is 12.8. The molecule has 0 amide bonds. The van der Waals surface area contributed by atoms with E-state index in [-0.39, 0.29) is 0 Å². The minimum Gasteiger partial charge on any atom is -0.390 e. The van der Waals surface area contributed by atoms with Crippen LogP contribution in [0, 0.1) is 0 Å². The third-order valence-corrected chi connectivity index (χ3v) is 4.43. The van der Waals surface area contributed by atoms with Gasteiger partial charge in [-0.25, -0.2) is 0 Å². The molecule has 0 spiro atoms. The molecule has 1 aliphatic rings. The van der Waals surface area contributed by atoms with E-state index >= 15 is 0 Å². The molecule has 1 N–H and O–H groups in total. The van der Waals surface area contributed by atoms with Gasteiger partial charge in [-0.1, -0.05) is 42.5 Å². The van der Waals surface area contributed by atoms with Crippen molar-refractivity contribution < 1.29 is 5.11 Å². The van der Waals surface area contributed by atoms with Crippen LogP contribution < -0.4 is 0 Å². The highest BCUT2D eigenvalue weighted by molar-refractivity contribution is 5.85. The maximum absolute atomic E-state index is 10.2. The van der Waals surface area contributed by atoms with Crippen molar-refractivity contribution >= 4 is 10.8 Å². The van der Waals surface area contributed by atoms with Crippen LogP contribution in [0.3, 0.4) is 0 Å². The third-order valence-electron chi connectivity index (χ3n) is 4.43. The number of likely N-dealkylation sites (tertiary alicyclic amines) is 1. The zero-order valence-electron chi connectivity index (χ0n) is 12.2. The van der Waals surface area contributed by atoms with E-state index in [2.05, 4.69) is 47.4 Å². The van der Waals surface area contributed by atoms with E-state index < -0.39 is 5.60 Å². The predicted octanol–water partition coefficient (Wildman–Crippen LogP) is 3.58. The molecule has 1 unspecified atom stereocenters. The molecule has 2 aromatic rings. The molecule has 1 heterocycles. The molecular formula is C18H23NO. The van der Waals surface area contributed by atoms with Crippen LogP contribution in [-0.4, -0.2) is 28.7 Å². The molecule has 0 radical (unpaired) electrons. The minimum atomic E-state index is -0.479. The Morgan fingerprint density at radius 2 is 1.85 bits per heavy atom. The van der Waals surface area contributed by atoms with Crippen LogP contribution in [0.15, 0.2) is 42.5 Å². The van der Waals surface area contributed by atoms with Crippen molar-refractivity contribution in [3.05, 3.63) is 48.0 Å². The van der Waals surface area contributed by atoms with Gasteiger partial charge in [-0.05, 0) is 49.1 Å². The number of benzene rings is 2. The normalized spacial score (nSPS) is 24.7. The molecule has 2 heteroatoms. The molecular weight excluding hydrogens is 246 g/mol. The van der Waals surface area contributed by atoms with Crippen LogP contribution in [-0.2, 0) is 6.54 Å². The number of hydrogen-bond acceptors (Lipinski definition) is 2. The fraction of sp³-hybridized carbons (Fsp3) is 0.444. The zero-order valence-corrected chi connectivity index (χ0v) is 12.2. The SMILES string of the molecule is CC1(O)CCCN(Cc2cccc3ccccc23)CC1. The van der Waals surface area contributed by atoms with E-state index in [0.717, 1.165) is 38.9 Å². The van der Waals surface area contributed by atoms with Gasteiger partial charge >= 0.3 is 0 Å². The summed E-state index contributed by atoms with van der Waals surface area (Å²) in [6.07, 6.45) is 2.87. The van der Waals surface area contributed by atoms with Gasteiger partial charge in [0.1, 0.15) is 0 Å². The number of fused-ring (bicyclic) bond motifs is 1. The fourth-order valence-corrected chi connectivity index (χ4v) is 3.15. The summed E-state index contributed by atoms with van der Waals surface area (Å²) < 4.78 is 0. The molecule has 1 fully saturated rings. The molecule has 0 bridgehead atoms. The molecule has 2 nitrogen and oxygen atoms in total. The van der Waals surface area contributed by atoms with Gasteiger partial charge in [0.15, 0.2) is 0 Å². The molecule has 20 heavy (non-hydrogen) atoms. The van der Waals surface area contributed by atoms with Gasteiger partial charge in [0.2, 0.25) is 0 Å². The monoisotopic (exact) mass is 269 g/mol. The van der Waals surface area contributed by atoms with Crippen molar-refractivity contribution in [2.24, 2.45) is 0 Å². The van der Waals surface area contributed by atoms with Crippen molar-refractivity contribution in [2.45, 2.75) is 38.3 Å². The molecule has 0 aliphatic carbocycles. The Morgan fingerprint density at radius 1 is 1.05 bits per heavy atom. The number of aliphatic hydroxyl groups is 1. The summed E-state index contributed by atoms with van der Waals surface area (Å²) in [6.45, 7) is 5.02. The Kier molecular flexibility index (Phi) is 3.77. The second kappa shape index (κ2) is 5.55. The highest BCUT2D eigenvalue weighted by Gasteiger charge is 2.24. The Hall–Kier alpha value is -1.38. The first-order valence-electron chi connectivity index (χ1n) is 7.55. The molecule has 3 rings (SSSR count). The second-order valence-corrected chi connectivity index (χ2v) is 6.26. The van der Waals surface area contributed by atoms with E-state index in [9.17, 15) is 5.11 Å². The van der Waals surface area contributed by atoms with E-state index in [0.29, 0.717) is 0 Å². The summed E-state index contributed by atoms with van der Waals surface area (Å²) in [7, 11) is 0. The average molecular weight is 269 g/mol. The Balaban J connectivity index is 1.79. The van der Waals surface area contributed by atoms with Crippen molar-refractivity contribution in [1.82, 2.24) is 4.90 Å². The maximum Gasteiger partial charge on any atom is 0.0632 e. The van der Waals surface area contributed by atoms with E-state index in [1.165, 1.54) is 16.3 Å². The van der Waals surface area contributed by atoms with Crippen LogP contribution in [0.4, 0.5) is 0 Å². The highest BCUT2D eigenvalue weighted by Crippen LogP contribution is 2.24. The molecule has 1 saturated heterocycles. The molecule has 2 aromatic carbocycles. The Bertz CT molecular complexity index is 585. The molecule has 0 saturated carbocycles. The first-order chi connectivity index (χ1) is 9.64. The van der Waals surface area contributed by atoms with Gasteiger partial charge in [-0.15, -0.1) is 0 Å². The number of rotatable bonds is 2. The minimum absolute atomic E-state index is 0.479. The summed E-state index contributed by atoms with van der Waals surface area (Å²) in [5.74, 6) is 0. The first-order valence-corrected chi connectivity index (χ1v) is 7.55. The summed E-state index contributed by atoms with van der Waals surface area (Å²) >= 11 is 0. The van der Waals surface area contributed by atoms with Gasteiger partial charge in [0.25, 0.3) is 0 Å². The summed E-state index contributed by atoms with van der Waals surface area (Å²) in [4.78, 5) is 2.48. The zero-order chi connectivity index (χ0) is 14.0. The van der Waals surface area contributed by atoms with Crippen LogP contribution in [0.2, 0.25) is 0 Å². The van der Waals surface area contributed by atoms with Gasteiger partial charge in [-0.2, -0.15) is 0 Å². The lowest BCUT2D eigenvalue weighted by Gasteiger charge is -2.23. The first kappa shape index (κ1) is 13.6.